The highest BCUT2D eigenvalue weighted by Crippen LogP contribution is 2.39. The summed E-state index contributed by atoms with van der Waals surface area (Å²) in [6.07, 6.45) is 3.70. The van der Waals surface area contributed by atoms with Gasteiger partial charge in [0.05, 0.1) is 5.69 Å². The minimum atomic E-state index is -3.98. The molecule has 0 saturated heterocycles. The molecule has 7 nitrogen and oxygen atoms in total. The van der Waals surface area contributed by atoms with Crippen LogP contribution in [0.5, 0.6) is 0 Å². The highest BCUT2D eigenvalue weighted by atomic mass is 32.2. The molecule has 1 aromatic heterocycles. The third-order valence-corrected chi connectivity index (χ3v) is 4.89. The molecular formula is C12H20N4O3S. The molecule has 1 saturated carbocycles. The number of nitrogens with one attached hydrogen (secondary N) is 2. The fourth-order valence-corrected chi connectivity index (χ4v) is 3.34. The van der Waals surface area contributed by atoms with Gasteiger partial charge >= 0.3 is 0 Å². The second-order valence-corrected chi connectivity index (χ2v) is 7.12. The van der Waals surface area contributed by atoms with E-state index in [-0.39, 0.29) is 16.0 Å². The Labute approximate surface area is 118 Å². The molecule has 0 bridgehead atoms. The number of aromatic nitrogens is 2. The van der Waals surface area contributed by atoms with E-state index >= 15 is 0 Å². The van der Waals surface area contributed by atoms with Crippen LogP contribution in [0.3, 0.4) is 0 Å². The summed E-state index contributed by atoms with van der Waals surface area (Å²) in [5, 5.41) is 14.3. The summed E-state index contributed by atoms with van der Waals surface area (Å²) in [5.74, 6) is -0.502. The maximum absolute atomic E-state index is 12.1. The van der Waals surface area contributed by atoms with E-state index in [0.717, 1.165) is 19.3 Å². The van der Waals surface area contributed by atoms with Crippen molar-refractivity contribution in [3.63, 3.8) is 0 Å². The number of carbonyl (C=O) groups is 1. The number of nitrogens with zero attached hydrogens (tertiary/aromatic N) is 1. The molecule has 0 unspecified atom stereocenters. The van der Waals surface area contributed by atoms with E-state index in [2.05, 4.69) is 22.4 Å². The molecule has 0 spiro atoms. The van der Waals surface area contributed by atoms with E-state index in [1.165, 1.54) is 0 Å². The topological polar surface area (TPSA) is 118 Å². The Bertz CT molecular complexity index is 617. The number of rotatable bonds is 5. The number of hydrogen-bond acceptors (Lipinski definition) is 4. The number of amides is 1. The number of sulfonamides is 1. The second kappa shape index (κ2) is 5.17. The quantitative estimate of drug-likeness (QED) is 0.735. The summed E-state index contributed by atoms with van der Waals surface area (Å²) in [4.78, 5) is 11.9. The molecule has 0 atom stereocenters. The first-order chi connectivity index (χ1) is 9.27. The van der Waals surface area contributed by atoms with Crippen LogP contribution in [0.2, 0.25) is 0 Å². The lowest BCUT2D eigenvalue weighted by atomic mass is 9.70. The van der Waals surface area contributed by atoms with Gasteiger partial charge in [-0.15, -0.1) is 0 Å². The van der Waals surface area contributed by atoms with Gasteiger partial charge in [-0.05, 0) is 24.7 Å². The zero-order valence-corrected chi connectivity index (χ0v) is 12.5. The van der Waals surface area contributed by atoms with Gasteiger partial charge in [0, 0.05) is 6.54 Å². The maximum atomic E-state index is 12.1. The van der Waals surface area contributed by atoms with Crippen LogP contribution < -0.4 is 10.5 Å². The molecular weight excluding hydrogens is 280 g/mol. The third kappa shape index (κ3) is 2.85. The zero-order valence-electron chi connectivity index (χ0n) is 11.7. The average Bonchev–Trinajstić information content (AvgIpc) is 2.77. The number of primary sulfonamides is 1. The largest absolute Gasteiger partial charge is 0.350 e. The zero-order chi connectivity index (χ0) is 15.0. The Morgan fingerprint density at radius 2 is 2.15 bits per heavy atom. The van der Waals surface area contributed by atoms with E-state index in [4.69, 9.17) is 5.14 Å². The predicted octanol–water partition coefficient (Wildman–Crippen LogP) is 0.539. The molecule has 1 aromatic rings. The highest BCUT2D eigenvalue weighted by molar-refractivity contribution is 7.89. The van der Waals surface area contributed by atoms with Gasteiger partial charge in [-0.1, -0.05) is 20.3 Å². The summed E-state index contributed by atoms with van der Waals surface area (Å²) < 4.78 is 23.2. The van der Waals surface area contributed by atoms with Crippen molar-refractivity contribution in [2.45, 2.75) is 44.4 Å². The lowest BCUT2D eigenvalue weighted by Gasteiger charge is -2.38. The standard InChI is InChI=1S/C12H20N4O3S/c1-3-8-10(20(13,18)19)9(16-15-8)11(17)14-7-12(2)5-4-6-12/h3-7H2,1-2H3,(H,14,17)(H,15,16)(H2,13,18,19). The molecule has 20 heavy (non-hydrogen) atoms. The number of aryl methyl sites for hydroxylation is 1. The van der Waals surface area contributed by atoms with Gasteiger partial charge in [-0.2, -0.15) is 5.10 Å². The summed E-state index contributed by atoms with van der Waals surface area (Å²) in [7, 11) is -3.98. The van der Waals surface area contributed by atoms with Gasteiger partial charge in [0.1, 0.15) is 4.90 Å². The molecule has 8 heteroatoms. The van der Waals surface area contributed by atoms with Gasteiger partial charge in [0.25, 0.3) is 5.91 Å². The lowest BCUT2D eigenvalue weighted by Crippen LogP contribution is -2.40. The molecule has 1 aliphatic rings. The highest BCUT2D eigenvalue weighted by Gasteiger charge is 2.33. The Kier molecular flexibility index (Phi) is 3.88. The lowest BCUT2D eigenvalue weighted by molar-refractivity contribution is 0.0882. The van der Waals surface area contributed by atoms with Crippen LogP contribution in [0.25, 0.3) is 0 Å². The fourth-order valence-electron chi connectivity index (χ4n) is 2.40. The van der Waals surface area contributed by atoms with Crippen LogP contribution in [0.1, 0.15) is 49.3 Å². The van der Waals surface area contributed by atoms with Crippen molar-refractivity contribution in [2.75, 3.05) is 6.54 Å². The van der Waals surface area contributed by atoms with Crippen LogP contribution in [-0.4, -0.2) is 31.1 Å². The summed E-state index contributed by atoms with van der Waals surface area (Å²) in [5.41, 5.74) is 0.321. The molecule has 1 heterocycles. The van der Waals surface area contributed by atoms with Crippen molar-refractivity contribution in [2.24, 2.45) is 10.6 Å². The number of carbonyl (C=O) groups excluding carboxylic acids is 1. The number of nitrogens with two attached hydrogens (primary N) is 1. The van der Waals surface area contributed by atoms with E-state index in [9.17, 15) is 13.2 Å². The monoisotopic (exact) mass is 300 g/mol. The van der Waals surface area contributed by atoms with Crippen molar-refractivity contribution >= 4 is 15.9 Å². The van der Waals surface area contributed by atoms with Crippen LogP contribution in [0.15, 0.2) is 4.90 Å². The Hall–Kier alpha value is -1.41. The van der Waals surface area contributed by atoms with Gasteiger partial charge in [0.2, 0.25) is 10.0 Å². The van der Waals surface area contributed by atoms with Gasteiger partial charge in [-0.25, -0.2) is 13.6 Å². The first kappa shape index (κ1) is 15.0. The van der Waals surface area contributed by atoms with Gasteiger partial charge < -0.3 is 5.32 Å². The SMILES string of the molecule is CCc1[nH]nc(C(=O)NCC2(C)CCC2)c1S(N)(=O)=O. The number of hydrogen-bond donors (Lipinski definition) is 3. The first-order valence-corrected chi connectivity index (χ1v) is 8.20. The third-order valence-electron chi connectivity index (χ3n) is 3.88. The second-order valence-electron chi connectivity index (χ2n) is 5.63. The molecule has 1 aliphatic carbocycles. The Morgan fingerprint density at radius 1 is 1.50 bits per heavy atom. The van der Waals surface area contributed by atoms with E-state index in [1.807, 2.05) is 0 Å². The molecule has 112 valence electrons. The fraction of sp³-hybridized carbons (Fsp3) is 0.667. The minimum absolute atomic E-state index is 0.112. The summed E-state index contributed by atoms with van der Waals surface area (Å²) in [6, 6.07) is 0. The molecule has 0 aromatic carbocycles. The number of aromatic amines is 1. The molecule has 1 fully saturated rings. The molecule has 2 rings (SSSR count). The van der Waals surface area contributed by atoms with E-state index in [1.54, 1.807) is 6.92 Å². The van der Waals surface area contributed by atoms with Crippen molar-refractivity contribution in [3.05, 3.63) is 11.4 Å². The Balaban J connectivity index is 2.20. The normalized spacial score (nSPS) is 17.6. The molecule has 0 aliphatic heterocycles. The number of H-pyrrole nitrogens is 1. The average molecular weight is 300 g/mol. The van der Waals surface area contributed by atoms with Crippen LogP contribution in [-0.2, 0) is 16.4 Å². The minimum Gasteiger partial charge on any atom is -0.350 e. The first-order valence-electron chi connectivity index (χ1n) is 6.65. The van der Waals surface area contributed by atoms with Crippen molar-refractivity contribution in [3.8, 4) is 0 Å². The predicted molar refractivity (Wildman–Crippen MR) is 73.6 cm³/mol. The van der Waals surface area contributed by atoms with Gasteiger partial charge in [-0.3, -0.25) is 9.89 Å². The summed E-state index contributed by atoms with van der Waals surface area (Å²) in [6.45, 7) is 4.38. The van der Waals surface area contributed by atoms with E-state index < -0.39 is 15.9 Å². The molecule has 4 N–H and O–H groups in total. The van der Waals surface area contributed by atoms with Crippen LogP contribution in [0, 0.1) is 5.41 Å². The van der Waals surface area contributed by atoms with Crippen LogP contribution in [0.4, 0.5) is 0 Å². The van der Waals surface area contributed by atoms with Crippen molar-refractivity contribution in [1.82, 2.24) is 15.5 Å². The van der Waals surface area contributed by atoms with Crippen molar-refractivity contribution < 1.29 is 13.2 Å². The van der Waals surface area contributed by atoms with E-state index in [0.29, 0.717) is 18.7 Å². The molecule has 0 radical (unpaired) electrons. The summed E-state index contributed by atoms with van der Waals surface area (Å²) >= 11 is 0. The maximum Gasteiger partial charge on any atom is 0.273 e. The van der Waals surface area contributed by atoms with Crippen molar-refractivity contribution in [1.29, 1.82) is 0 Å². The van der Waals surface area contributed by atoms with Gasteiger partial charge in [0.15, 0.2) is 5.69 Å². The Morgan fingerprint density at radius 3 is 2.60 bits per heavy atom. The van der Waals surface area contributed by atoms with Crippen LogP contribution >= 0.6 is 0 Å². The smallest absolute Gasteiger partial charge is 0.273 e. The molecule has 1 amide bonds.